The van der Waals surface area contributed by atoms with E-state index in [1.165, 1.54) is 0 Å². The third-order valence-corrected chi connectivity index (χ3v) is 1.39. The largest absolute Gasteiger partial charge is 0.392 e. The van der Waals surface area contributed by atoms with Crippen LogP contribution in [0.5, 0.6) is 0 Å². The molecule has 0 radical (unpaired) electrons. The number of nitrogens with two attached hydrogens (primary N) is 1. The lowest BCUT2D eigenvalue weighted by Gasteiger charge is -2.18. The van der Waals surface area contributed by atoms with E-state index < -0.39 is 0 Å². The lowest BCUT2D eigenvalue weighted by atomic mass is 10.0. The van der Waals surface area contributed by atoms with Gasteiger partial charge in [0.2, 0.25) is 0 Å². The summed E-state index contributed by atoms with van der Waals surface area (Å²) in [6, 6.07) is 0. The Bertz CT molecular complexity index is 96.8. The van der Waals surface area contributed by atoms with Gasteiger partial charge in [-0.1, -0.05) is 0 Å². The molecule has 68 valence electrons. The quantitative estimate of drug-likeness (QED) is 0.499. The molecule has 0 rings (SSSR count). The van der Waals surface area contributed by atoms with Gasteiger partial charge in [-0.25, -0.2) is 0 Å². The SMILES string of the molecule is CC(O)CNCCC(C)(C)N. The lowest BCUT2D eigenvalue weighted by molar-refractivity contribution is 0.190. The van der Waals surface area contributed by atoms with Crippen LogP contribution in [0.2, 0.25) is 0 Å². The first kappa shape index (κ1) is 10.9. The van der Waals surface area contributed by atoms with Crippen molar-refractivity contribution in [3.05, 3.63) is 0 Å². The zero-order valence-electron chi connectivity index (χ0n) is 7.72. The summed E-state index contributed by atoms with van der Waals surface area (Å²) < 4.78 is 0. The first-order valence-corrected chi connectivity index (χ1v) is 4.09. The molecule has 0 fully saturated rings. The van der Waals surface area contributed by atoms with Crippen molar-refractivity contribution in [2.75, 3.05) is 13.1 Å². The van der Waals surface area contributed by atoms with Crippen LogP contribution in [-0.4, -0.2) is 29.8 Å². The molecule has 0 aliphatic heterocycles. The van der Waals surface area contributed by atoms with Crippen LogP contribution in [0.3, 0.4) is 0 Å². The van der Waals surface area contributed by atoms with Crippen molar-refractivity contribution < 1.29 is 5.11 Å². The van der Waals surface area contributed by atoms with Crippen LogP contribution in [0.4, 0.5) is 0 Å². The van der Waals surface area contributed by atoms with Crippen LogP contribution in [0.1, 0.15) is 27.2 Å². The first-order chi connectivity index (χ1) is 4.92. The maximum absolute atomic E-state index is 8.89. The van der Waals surface area contributed by atoms with Crippen LogP contribution in [0, 0.1) is 0 Å². The molecule has 0 aromatic heterocycles. The molecule has 0 saturated carbocycles. The van der Waals surface area contributed by atoms with E-state index in [2.05, 4.69) is 5.32 Å². The van der Waals surface area contributed by atoms with Gasteiger partial charge in [-0.15, -0.1) is 0 Å². The average molecular weight is 160 g/mol. The van der Waals surface area contributed by atoms with Crippen molar-refractivity contribution in [1.29, 1.82) is 0 Å². The monoisotopic (exact) mass is 160 g/mol. The van der Waals surface area contributed by atoms with Gasteiger partial charge in [0.15, 0.2) is 0 Å². The van der Waals surface area contributed by atoms with Gasteiger partial charge in [-0.3, -0.25) is 0 Å². The minimum absolute atomic E-state index is 0.105. The molecular formula is C8H20N2O. The highest BCUT2D eigenvalue weighted by Crippen LogP contribution is 2.00. The van der Waals surface area contributed by atoms with Crippen molar-refractivity contribution in [2.45, 2.75) is 38.8 Å². The van der Waals surface area contributed by atoms with E-state index in [1.807, 2.05) is 13.8 Å². The van der Waals surface area contributed by atoms with Crippen LogP contribution < -0.4 is 11.1 Å². The minimum Gasteiger partial charge on any atom is -0.392 e. The van der Waals surface area contributed by atoms with Gasteiger partial charge in [0.1, 0.15) is 0 Å². The third-order valence-electron chi connectivity index (χ3n) is 1.39. The van der Waals surface area contributed by atoms with E-state index in [4.69, 9.17) is 10.8 Å². The molecule has 4 N–H and O–H groups in total. The van der Waals surface area contributed by atoms with Gasteiger partial charge in [0, 0.05) is 12.1 Å². The summed E-state index contributed by atoms with van der Waals surface area (Å²) >= 11 is 0. The zero-order valence-corrected chi connectivity index (χ0v) is 7.72. The maximum Gasteiger partial charge on any atom is 0.0636 e. The van der Waals surface area contributed by atoms with E-state index >= 15 is 0 Å². The minimum atomic E-state index is -0.268. The van der Waals surface area contributed by atoms with E-state index in [-0.39, 0.29) is 11.6 Å². The van der Waals surface area contributed by atoms with Crippen molar-refractivity contribution in [3.63, 3.8) is 0 Å². The normalized spacial score (nSPS) is 15.0. The number of rotatable bonds is 5. The summed E-state index contributed by atoms with van der Waals surface area (Å²) in [7, 11) is 0. The summed E-state index contributed by atoms with van der Waals surface area (Å²) in [5, 5.41) is 12.0. The van der Waals surface area contributed by atoms with Crippen LogP contribution >= 0.6 is 0 Å². The Morgan fingerprint density at radius 2 is 2.09 bits per heavy atom. The highest BCUT2D eigenvalue weighted by Gasteiger charge is 2.08. The molecule has 3 nitrogen and oxygen atoms in total. The number of nitrogens with one attached hydrogen (secondary N) is 1. The fourth-order valence-corrected chi connectivity index (χ4v) is 0.722. The van der Waals surface area contributed by atoms with Crippen molar-refractivity contribution in [3.8, 4) is 0 Å². The third kappa shape index (κ3) is 9.88. The molecule has 0 aliphatic rings. The molecule has 0 bridgehead atoms. The van der Waals surface area contributed by atoms with Gasteiger partial charge < -0.3 is 16.2 Å². The van der Waals surface area contributed by atoms with Crippen molar-refractivity contribution >= 4 is 0 Å². The van der Waals surface area contributed by atoms with E-state index in [1.54, 1.807) is 6.92 Å². The lowest BCUT2D eigenvalue weighted by Crippen LogP contribution is -2.37. The van der Waals surface area contributed by atoms with Crippen molar-refractivity contribution in [1.82, 2.24) is 5.32 Å². The Labute approximate surface area is 69.0 Å². The molecule has 0 aromatic rings. The predicted molar refractivity (Wildman–Crippen MR) is 47.4 cm³/mol. The first-order valence-electron chi connectivity index (χ1n) is 4.09. The topological polar surface area (TPSA) is 58.3 Å². The Morgan fingerprint density at radius 1 is 1.55 bits per heavy atom. The smallest absolute Gasteiger partial charge is 0.0636 e. The Hall–Kier alpha value is -0.120. The van der Waals surface area contributed by atoms with E-state index in [9.17, 15) is 0 Å². The molecule has 0 saturated heterocycles. The zero-order chi connectivity index (χ0) is 8.91. The summed E-state index contributed by atoms with van der Waals surface area (Å²) in [6.07, 6.45) is 0.663. The number of hydrogen-bond acceptors (Lipinski definition) is 3. The Balaban J connectivity index is 3.15. The van der Waals surface area contributed by atoms with Gasteiger partial charge in [-0.05, 0) is 33.7 Å². The molecule has 1 atom stereocenters. The molecule has 3 heteroatoms. The van der Waals surface area contributed by atoms with Crippen LogP contribution in [0.15, 0.2) is 0 Å². The molecule has 0 spiro atoms. The van der Waals surface area contributed by atoms with Gasteiger partial charge >= 0.3 is 0 Å². The fraction of sp³-hybridized carbons (Fsp3) is 1.00. The predicted octanol–water partition coefficient (Wildman–Crippen LogP) is 0.0842. The second-order valence-electron chi connectivity index (χ2n) is 3.79. The molecule has 11 heavy (non-hydrogen) atoms. The fourth-order valence-electron chi connectivity index (χ4n) is 0.722. The standard InChI is InChI=1S/C8H20N2O/c1-7(11)6-10-5-4-8(2,3)9/h7,10-11H,4-6,9H2,1-3H3. The molecule has 1 unspecified atom stereocenters. The highest BCUT2D eigenvalue weighted by molar-refractivity contribution is 4.72. The van der Waals surface area contributed by atoms with Crippen molar-refractivity contribution in [2.24, 2.45) is 5.73 Å². The maximum atomic E-state index is 8.89. The average Bonchev–Trinajstić information content (AvgIpc) is 1.78. The number of aliphatic hydroxyl groups excluding tert-OH is 1. The van der Waals surface area contributed by atoms with Gasteiger partial charge in [0.05, 0.1) is 6.10 Å². The van der Waals surface area contributed by atoms with Crippen LogP contribution in [-0.2, 0) is 0 Å². The van der Waals surface area contributed by atoms with Gasteiger partial charge in [-0.2, -0.15) is 0 Å². The van der Waals surface area contributed by atoms with Crippen LogP contribution in [0.25, 0.3) is 0 Å². The molecule has 0 heterocycles. The summed E-state index contributed by atoms with van der Waals surface area (Å²) in [5.74, 6) is 0. The second kappa shape index (κ2) is 4.70. The summed E-state index contributed by atoms with van der Waals surface area (Å²) in [6.45, 7) is 7.28. The Kier molecular flexibility index (Phi) is 4.65. The molecule has 0 aromatic carbocycles. The van der Waals surface area contributed by atoms with E-state index in [0.717, 1.165) is 13.0 Å². The molecular weight excluding hydrogens is 140 g/mol. The summed E-state index contributed by atoms with van der Waals surface area (Å²) in [4.78, 5) is 0. The second-order valence-corrected chi connectivity index (χ2v) is 3.79. The van der Waals surface area contributed by atoms with Gasteiger partial charge in [0.25, 0.3) is 0 Å². The molecule has 0 aliphatic carbocycles. The number of aliphatic hydroxyl groups is 1. The highest BCUT2D eigenvalue weighted by atomic mass is 16.3. The number of hydrogen-bond donors (Lipinski definition) is 3. The molecule has 0 amide bonds. The summed E-state index contributed by atoms with van der Waals surface area (Å²) in [5.41, 5.74) is 5.64. The van der Waals surface area contributed by atoms with E-state index in [0.29, 0.717) is 6.54 Å². The Morgan fingerprint density at radius 3 is 2.45 bits per heavy atom.